The molecule has 11 nitrogen and oxygen atoms in total. The molecule has 3 amide bonds. The lowest BCUT2D eigenvalue weighted by Crippen LogP contribution is -2.56. The fourth-order valence-corrected chi connectivity index (χ4v) is 4.26. The molecule has 0 aromatic heterocycles. The molecule has 198 valence electrons. The van der Waals surface area contributed by atoms with Gasteiger partial charge in [-0.15, -0.1) is 11.6 Å². The van der Waals surface area contributed by atoms with Crippen LogP contribution in [0.4, 0.5) is 0 Å². The van der Waals surface area contributed by atoms with Crippen LogP contribution in [0.5, 0.6) is 0 Å². The molecule has 1 heterocycles. The molecule has 0 bridgehead atoms. The molecular weight excluding hydrogens is 486 g/mol. The van der Waals surface area contributed by atoms with Crippen molar-refractivity contribution in [2.75, 3.05) is 19.0 Å². The monoisotopic (exact) mass is 521 g/mol. The fraction of sp³-hybridized carbons (Fsp3) is 0.542. The van der Waals surface area contributed by atoms with Gasteiger partial charge in [0.2, 0.25) is 17.7 Å². The lowest BCUT2D eigenvalue weighted by molar-refractivity contribution is -0.141. The highest BCUT2D eigenvalue weighted by atomic mass is 35.5. The molecule has 8 N–H and O–H groups in total. The number of benzene rings is 1. The average Bonchev–Trinajstić information content (AvgIpc) is 3.35. The first-order valence-electron chi connectivity index (χ1n) is 12.0. The molecule has 0 aliphatic carbocycles. The first-order valence-corrected chi connectivity index (χ1v) is 12.5. The number of likely N-dealkylation sites (tertiary alicyclic amines) is 1. The molecule has 0 saturated carbocycles. The zero-order chi connectivity index (χ0) is 26.7. The van der Waals surface area contributed by atoms with Crippen molar-refractivity contribution in [2.24, 2.45) is 22.2 Å². The van der Waals surface area contributed by atoms with Crippen LogP contribution in [0.25, 0.3) is 0 Å². The number of nitrogens with zero attached hydrogens (tertiary/aromatic N) is 2. The summed E-state index contributed by atoms with van der Waals surface area (Å²) in [5.74, 6) is -1.92. The van der Waals surface area contributed by atoms with Gasteiger partial charge in [0.1, 0.15) is 12.1 Å². The van der Waals surface area contributed by atoms with E-state index in [9.17, 15) is 19.2 Å². The Morgan fingerprint density at radius 1 is 1.17 bits per heavy atom. The Morgan fingerprint density at radius 3 is 2.50 bits per heavy atom. The summed E-state index contributed by atoms with van der Waals surface area (Å²) in [6.45, 7) is 2.24. The number of aliphatic imine (C=N–C) groups is 1. The van der Waals surface area contributed by atoms with E-state index in [4.69, 9.17) is 28.8 Å². The number of amides is 3. The highest BCUT2D eigenvalue weighted by molar-refractivity contribution is 6.28. The maximum atomic E-state index is 13.1. The van der Waals surface area contributed by atoms with E-state index in [0.717, 1.165) is 5.56 Å². The number of hydrogen-bond acceptors (Lipinski definition) is 6. The van der Waals surface area contributed by atoms with Crippen LogP contribution in [-0.2, 0) is 25.6 Å². The van der Waals surface area contributed by atoms with Crippen LogP contribution in [0, 0.1) is 0 Å². The third-order valence-electron chi connectivity index (χ3n) is 5.99. The van der Waals surface area contributed by atoms with Gasteiger partial charge in [-0.05, 0) is 44.6 Å². The molecule has 1 fully saturated rings. The van der Waals surface area contributed by atoms with Gasteiger partial charge in [-0.2, -0.15) is 0 Å². The molecule has 2 rings (SSSR count). The molecular formula is C24H36ClN7O4. The molecule has 0 spiro atoms. The maximum absolute atomic E-state index is 13.1. The van der Waals surface area contributed by atoms with Gasteiger partial charge in [0, 0.05) is 13.1 Å². The number of carbonyl (C=O) groups is 4. The average molecular weight is 522 g/mol. The molecule has 1 aromatic carbocycles. The lowest BCUT2D eigenvalue weighted by Gasteiger charge is -2.29. The van der Waals surface area contributed by atoms with Gasteiger partial charge in [0.25, 0.3) is 0 Å². The molecule has 36 heavy (non-hydrogen) atoms. The Bertz CT molecular complexity index is 940. The first-order chi connectivity index (χ1) is 17.1. The van der Waals surface area contributed by atoms with E-state index >= 15 is 0 Å². The predicted octanol–water partition coefficient (Wildman–Crippen LogP) is -0.602. The topological polar surface area (TPSA) is 186 Å². The number of nitrogens with two attached hydrogens (primary N) is 3. The van der Waals surface area contributed by atoms with Gasteiger partial charge in [0.05, 0.1) is 18.0 Å². The molecule has 1 saturated heterocycles. The number of nitrogens with one attached hydrogen (secondary N) is 2. The number of rotatable bonds is 13. The zero-order valence-corrected chi connectivity index (χ0v) is 21.2. The second-order valence-corrected chi connectivity index (χ2v) is 9.09. The number of alkyl halides is 1. The molecule has 0 radical (unpaired) electrons. The highest BCUT2D eigenvalue weighted by Gasteiger charge is 2.37. The van der Waals surface area contributed by atoms with Crippen LogP contribution in [-0.4, -0.2) is 77.5 Å². The molecule has 0 unspecified atom stereocenters. The van der Waals surface area contributed by atoms with Crippen molar-refractivity contribution >= 4 is 41.1 Å². The fourth-order valence-electron chi connectivity index (χ4n) is 4.07. The van der Waals surface area contributed by atoms with E-state index in [0.29, 0.717) is 45.2 Å². The van der Waals surface area contributed by atoms with Crippen molar-refractivity contribution in [2.45, 2.75) is 63.2 Å². The summed E-state index contributed by atoms with van der Waals surface area (Å²) in [5.41, 5.74) is 17.5. The van der Waals surface area contributed by atoms with Crippen molar-refractivity contribution < 1.29 is 19.2 Å². The van der Waals surface area contributed by atoms with Gasteiger partial charge < -0.3 is 32.7 Å². The molecule has 12 heteroatoms. The Hall–Kier alpha value is -3.18. The van der Waals surface area contributed by atoms with Crippen molar-refractivity contribution in [3.05, 3.63) is 35.9 Å². The Balaban J connectivity index is 1.95. The first kappa shape index (κ1) is 29.1. The number of guanidine groups is 1. The van der Waals surface area contributed by atoms with E-state index in [-0.39, 0.29) is 23.5 Å². The number of halogens is 1. The van der Waals surface area contributed by atoms with Crippen LogP contribution in [0.2, 0.25) is 0 Å². The smallest absolute Gasteiger partial charge is 0.245 e. The van der Waals surface area contributed by atoms with Crippen molar-refractivity contribution in [3.8, 4) is 0 Å². The summed E-state index contributed by atoms with van der Waals surface area (Å²) in [6.07, 6.45) is 2.17. The molecule has 1 aromatic rings. The molecule has 1 aliphatic rings. The lowest BCUT2D eigenvalue weighted by atomic mass is 10.1. The number of hydrogen-bond donors (Lipinski definition) is 5. The third kappa shape index (κ3) is 8.80. The van der Waals surface area contributed by atoms with Gasteiger partial charge in [0.15, 0.2) is 11.7 Å². The second kappa shape index (κ2) is 14.4. The highest BCUT2D eigenvalue weighted by Crippen LogP contribution is 2.19. The summed E-state index contributed by atoms with van der Waals surface area (Å²) in [5, 5.41) is 5.38. The summed E-state index contributed by atoms with van der Waals surface area (Å²) >= 11 is 5.72. The van der Waals surface area contributed by atoms with E-state index in [2.05, 4.69) is 15.6 Å². The quantitative estimate of drug-likeness (QED) is 0.0991. The van der Waals surface area contributed by atoms with Gasteiger partial charge in [-0.1, -0.05) is 30.3 Å². The maximum Gasteiger partial charge on any atom is 0.245 e. The van der Waals surface area contributed by atoms with Gasteiger partial charge in [-0.25, -0.2) is 0 Å². The SMILES string of the molecule is C[C@H](NC(=O)[C@@H](N)Cc1ccccc1)C(=O)N1CCC[C@H]1C(=O)N[C@@H](CCCN=C(N)N)C(=O)CCl. The number of ketones is 1. The Morgan fingerprint density at radius 2 is 1.86 bits per heavy atom. The van der Waals surface area contributed by atoms with E-state index in [1.165, 1.54) is 4.90 Å². The van der Waals surface area contributed by atoms with Gasteiger partial charge in [-0.3, -0.25) is 24.2 Å². The molecule has 4 atom stereocenters. The zero-order valence-electron chi connectivity index (χ0n) is 20.5. The minimum atomic E-state index is -0.868. The van der Waals surface area contributed by atoms with E-state index in [1.807, 2.05) is 30.3 Å². The van der Waals surface area contributed by atoms with Crippen LogP contribution >= 0.6 is 11.6 Å². The second-order valence-electron chi connectivity index (χ2n) is 8.83. The van der Waals surface area contributed by atoms with Crippen LogP contribution in [0.15, 0.2) is 35.3 Å². The Kier molecular flexibility index (Phi) is 11.6. The minimum Gasteiger partial charge on any atom is -0.370 e. The Labute approximate surface area is 216 Å². The standard InChI is InChI=1S/C24H36ClN7O4/c1-15(30-21(34)17(26)13-16-7-3-2-4-8-16)23(36)32-12-6-10-19(32)22(35)31-18(20(33)14-25)9-5-11-29-24(27)28/h2-4,7-8,15,17-19H,5-6,9-14,26H2,1H3,(H,30,34)(H,31,35)(H4,27,28,29)/t15-,17-,18-,19-/m0/s1. The van der Waals surface area contributed by atoms with Crippen LogP contribution < -0.4 is 27.8 Å². The van der Waals surface area contributed by atoms with E-state index < -0.39 is 36.0 Å². The summed E-state index contributed by atoms with van der Waals surface area (Å²) in [7, 11) is 0. The number of carbonyl (C=O) groups excluding carboxylic acids is 4. The van der Waals surface area contributed by atoms with Crippen LogP contribution in [0.3, 0.4) is 0 Å². The van der Waals surface area contributed by atoms with Crippen molar-refractivity contribution in [1.82, 2.24) is 15.5 Å². The third-order valence-corrected chi connectivity index (χ3v) is 6.25. The minimum absolute atomic E-state index is 0.0541. The van der Waals surface area contributed by atoms with Gasteiger partial charge >= 0.3 is 0 Å². The van der Waals surface area contributed by atoms with Crippen molar-refractivity contribution in [1.29, 1.82) is 0 Å². The largest absolute Gasteiger partial charge is 0.370 e. The summed E-state index contributed by atoms with van der Waals surface area (Å²) in [4.78, 5) is 56.2. The predicted molar refractivity (Wildman–Crippen MR) is 138 cm³/mol. The van der Waals surface area contributed by atoms with Crippen LogP contribution in [0.1, 0.15) is 38.2 Å². The summed E-state index contributed by atoms with van der Waals surface area (Å²) in [6, 6.07) is 6.09. The van der Waals surface area contributed by atoms with Crippen molar-refractivity contribution in [3.63, 3.8) is 0 Å². The normalized spacial score (nSPS) is 17.5. The number of Topliss-reactive ketones (excluding diaryl/α,β-unsaturated/α-hetero) is 1. The molecule has 1 aliphatic heterocycles. The van der Waals surface area contributed by atoms with E-state index in [1.54, 1.807) is 6.92 Å². The summed E-state index contributed by atoms with van der Waals surface area (Å²) < 4.78 is 0.